The molecule has 2 heterocycles. The summed E-state index contributed by atoms with van der Waals surface area (Å²) in [6.45, 7) is 11.1. The molecule has 2 aliphatic heterocycles. The lowest BCUT2D eigenvalue weighted by molar-refractivity contribution is -0.127. The summed E-state index contributed by atoms with van der Waals surface area (Å²) in [6.07, 6.45) is 2.45. The Kier molecular flexibility index (Phi) is 7.17. The van der Waals surface area contributed by atoms with Crippen molar-refractivity contribution in [3.05, 3.63) is 0 Å². The molecule has 0 radical (unpaired) electrons. The Hall–Kier alpha value is -1.38. The highest BCUT2D eigenvalue weighted by atomic mass is 16.5. The molecule has 3 fully saturated rings. The summed E-state index contributed by atoms with van der Waals surface area (Å²) in [5, 5.41) is 7.04. The maximum atomic E-state index is 12.0. The number of aliphatic imine (C=N–C) groups is 1. The van der Waals surface area contributed by atoms with Gasteiger partial charge in [0, 0.05) is 57.7 Å². The van der Waals surface area contributed by atoms with Crippen LogP contribution in [-0.4, -0.2) is 100 Å². The normalized spacial score (nSPS) is 29.7. The van der Waals surface area contributed by atoms with Crippen molar-refractivity contribution in [2.45, 2.75) is 38.8 Å². The van der Waals surface area contributed by atoms with Crippen LogP contribution in [0.15, 0.2) is 4.99 Å². The quantitative estimate of drug-likeness (QED) is 0.363. The van der Waals surface area contributed by atoms with Crippen LogP contribution in [0.1, 0.15) is 26.7 Å². The zero-order chi connectivity index (χ0) is 20.1. The van der Waals surface area contributed by atoms with E-state index < -0.39 is 0 Å². The van der Waals surface area contributed by atoms with Gasteiger partial charge in [-0.05, 0) is 19.4 Å². The molecule has 160 valence electrons. The zero-order valence-electron chi connectivity index (χ0n) is 17.9. The first-order valence-corrected chi connectivity index (χ1v) is 10.6. The molecule has 0 bridgehead atoms. The first-order valence-electron chi connectivity index (χ1n) is 10.6. The molecule has 1 amide bonds. The lowest BCUT2D eigenvalue weighted by Gasteiger charge is -2.54. The monoisotopic (exact) mass is 395 g/mol. The van der Waals surface area contributed by atoms with Crippen LogP contribution in [0.5, 0.6) is 0 Å². The molecule has 8 heteroatoms. The van der Waals surface area contributed by atoms with E-state index in [2.05, 4.69) is 34.4 Å². The fourth-order valence-electron chi connectivity index (χ4n) is 4.54. The number of ether oxygens (including phenoxy) is 2. The van der Waals surface area contributed by atoms with Gasteiger partial charge in [0.2, 0.25) is 5.91 Å². The fourth-order valence-corrected chi connectivity index (χ4v) is 4.54. The molecular formula is C20H37N5O3. The van der Waals surface area contributed by atoms with Crippen LogP contribution in [0.25, 0.3) is 0 Å². The molecule has 3 atom stereocenters. The van der Waals surface area contributed by atoms with Gasteiger partial charge in [-0.1, -0.05) is 13.8 Å². The van der Waals surface area contributed by atoms with Crippen LogP contribution in [0.4, 0.5) is 0 Å². The van der Waals surface area contributed by atoms with Gasteiger partial charge >= 0.3 is 0 Å². The second-order valence-corrected chi connectivity index (χ2v) is 8.87. The van der Waals surface area contributed by atoms with Crippen LogP contribution < -0.4 is 10.6 Å². The van der Waals surface area contributed by atoms with Crippen molar-refractivity contribution in [3.8, 4) is 0 Å². The predicted octanol–water partition coefficient (Wildman–Crippen LogP) is 0.146. The average molecular weight is 396 g/mol. The van der Waals surface area contributed by atoms with Gasteiger partial charge in [0.05, 0.1) is 19.3 Å². The molecule has 3 aliphatic rings. The van der Waals surface area contributed by atoms with Crippen molar-refractivity contribution in [1.82, 2.24) is 20.4 Å². The Morgan fingerprint density at radius 3 is 2.71 bits per heavy atom. The van der Waals surface area contributed by atoms with E-state index in [-0.39, 0.29) is 17.9 Å². The number of nitrogens with zero attached hydrogens (tertiary/aromatic N) is 3. The number of rotatable bonds is 7. The number of carbonyl (C=O) groups is 1. The number of amides is 1. The number of hydrogen-bond donors (Lipinski definition) is 2. The molecule has 3 unspecified atom stereocenters. The Morgan fingerprint density at radius 2 is 2.00 bits per heavy atom. The average Bonchev–Trinajstić information content (AvgIpc) is 3.14. The molecular weight excluding hydrogens is 358 g/mol. The molecule has 1 aliphatic carbocycles. The Morgan fingerprint density at radius 1 is 1.25 bits per heavy atom. The lowest BCUT2D eigenvalue weighted by atomic mass is 9.57. The molecule has 2 saturated heterocycles. The van der Waals surface area contributed by atoms with E-state index in [0.717, 1.165) is 64.8 Å². The third-order valence-electron chi connectivity index (χ3n) is 6.31. The van der Waals surface area contributed by atoms with Crippen LogP contribution in [-0.2, 0) is 14.3 Å². The minimum atomic E-state index is 0.00404. The van der Waals surface area contributed by atoms with Gasteiger partial charge < -0.3 is 25.0 Å². The Bertz CT molecular complexity index is 560. The number of carbonyl (C=O) groups excluding carboxylic acids is 1. The second-order valence-electron chi connectivity index (χ2n) is 8.87. The van der Waals surface area contributed by atoms with E-state index in [9.17, 15) is 4.79 Å². The van der Waals surface area contributed by atoms with Crippen molar-refractivity contribution in [2.75, 3.05) is 66.6 Å². The van der Waals surface area contributed by atoms with E-state index in [0.29, 0.717) is 18.1 Å². The van der Waals surface area contributed by atoms with Gasteiger partial charge in [0.25, 0.3) is 0 Å². The molecule has 0 aromatic rings. The highest BCUT2D eigenvalue weighted by Gasteiger charge is 2.59. The molecule has 28 heavy (non-hydrogen) atoms. The Balaban J connectivity index is 1.52. The van der Waals surface area contributed by atoms with Gasteiger partial charge in [0.1, 0.15) is 6.54 Å². The largest absolute Gasteiger partial charge is 0.379 e. The van der Waals surface area contributed by atoms with E-state index in [4.69, 9.17) is 9.47 Å². The van der Waals surface area contributed by atoms with Crippen molar-refractivity contribution in [2.24, 2.45) is 16.3 Å². The summed E-state index contributed by atoms with van der Waals surface area (Å²) in [5.41, 5.74) is 0.0724. The van der Waals surface area contributed by atoms with Crippen LogP contribution in [0, 0.1) is 11.3 Å². The lowest BCUT2D eigenvalue weighted by Crippen LogP contribution is -2.68. The van der Waals surface area contributed by atoms with Crippen molar-refractivity contribution >= 4 is 11.9 Å². The minimum Gasteiger partial charge on any atom is -0.379 e. The van der Waals surface area contributed by atoms with Gasteiger partial charge in [-0.2, -0.15) is 0 Å². The highest BCUT2D eigenvalue weighted by Crippen LogP contribution is 2.52. The molecule has 0 aromatic heterocycles. The summed E-state index contributed by atoms with van der Waals surface area (Å²) in [5.74, 6) is 1.27. The first kappa shape index (κ1) is 21.3. The summed E-state index contributed by atoms with van der Waals surface area (Å²) < 4.78 is 11.3. The number of hydrogen-bond acceptors (Lipinski definition) is 5. The van der Waals surface area contributed by atoms with Gasteiger partial charge in [-0.15, -0.1) is 0 Å². The summed E-state index contributed by atoms with van der Waals surface area (Å²) in [4.78, 5) is 20.6. The van der Waals surface area contributed by atoms with E-state index in [1.54, 1.807) is 19.0 Å². The summed E-state index contributed by atoms with van der Waals surface area (Å²) in [6, 6.07) is 0.319. The van der Waals surface area contributed by atoms with Crippen LogP contribution in [0.2, 0.25) is 0 Å². The van der Waals surface area contributed by atoms with Crippen molar-refractivity contribution in [1.29, 1.82) is 0 Å². The maximum Gasteiger partial charge on any atom is 0.243 e. The second kappa shape index (κ2) is 9.41. The summed E-state index contributed by atoms with van der Waals surface area (Å²) >= 11 is 0. The number of nitrogens with one attached hydrogen (secondary N) is 2. The van der Waals surface area contributed by atoms with Crippen molar-refractivity contribution in [3.63, 3.8) is 0 Å². The van der Waals surface area contributed by atoms with E-state index in [1.807, 2.05) is 0 Å². The fraction of sp³-hybridized carbons (Fsp3) is 0.900. The topological polar surface area (TPSA) is 78.4 Å². The van der Waals surface area contributed by atoms with E-state index >= 15 is 0 Å². The van der Waals surface area contributed by atoms with Gasteiger partial charge in [0.15, 0.2) is 5.96 Å². The van der Waals surface area contributed by atoms with E-state index in [1.165, 1.54) is 0 Å². The predicted molar refractivity (Wildman–Crippen MR) is 109 cm³/mol. The molecule has 2 N–H and O–H groups in total. The first-order chi connectivity index (χ1) is 13.4. The SMILES string of the molecule is CN(C)C(=O)CN=C(NCCCN1CCOCC1)NC1C2CCOC2C1(C)C. The number of guanidine groups is 1. The standard InChI is InChI=1S/C20H37N5O3/c1-20(2)17(15-6-11-28-18(15)20)23-19(22-14-16(26)24(3)4)21-7-5-8-25-9-12-27-13-10-25/h15,17-18H,5-14H2,1-4H3,(H2,21,22,23). The molecule has 0 aromatic carbocycles. The molecule has 0 spiro atoms. The Labute approximate surface area is 169 Å². The third-order valence-corrected chi connectivity index (χ3v) is 6.31. The number of fused-ring (bicyclic) bond motifs is 1. The zero-order valence-corrected chi connectivity index (χ0v) is 17.9. The number of morpholine rings is 1. The maximum absolute atomic E-state index is 12.0. The van der Waals surface area contributed by atoms with Crippen molar-refractivity contribution < 1.29 is 14.3 Å². The minimum absolute atomic E-state index is 0.00404. The smallest absolute Gasteiger partial charge is 0.243 e. The number of likely N-dealkylation sites (N-methyl/N-ethyl adjacent to an activating group) is 1. The molecule has 8 nitrogen and oxygen atoms in total. The highest BCUT2D eigenvalue weighted by molar-refractivity contribution is 5.85. The third kappa shape index (κ3) is 4.96. The van der Waals surface area contributed by atoms with Gasteiger partial charge in [-0.3, -0.25) is 9.69 Å². The van der Waals surface area contributed by atoms with Crippen LogP contribution >= 0.6 is 0 Å². The molecule has 1 saturated carbocycles. The molecule has 3 rings (SSSR count). The van der Waals surface area contributed by atoms with Gasteiger partial charge in [-0.25, -0.2) is 4.99 Å². The van der Waals surface area contributed by atoms with Crippen LogP contribution in [0.3, 0.4) is 0 Å². The summed E-state index contributed by atoms with van der Waals surface area (Å²) in [7, 11) is 3.52.